The van der Waals surface area contributed by atoms with Gasteiger partial charge < -0.3 is 20.7 Å². The quantitative estimate of drug-likeness (QED) is 0.198. The fourth-order valence-electron chi connectivity index (χ4n) is 3.66. The monoisotopic (exact) mass is 570 g/mol. The molecule has 9 nitrogen and oxygen atoms in total. The maximum Gasteiger partial charge on any atom is 0.490 e. The number of aliphatic carboxylic acids is 1. The molecular weight excluding hydrogens is 545 g/mol. The van der Waals surface area contributed by atoms with Crippen LogP contribution in [-0.4, -0.2) is 56.0 Å². The standard InChI is InChI=1S/C25H24N6OS.C2HF3O2/c1-31-21(12-13-28-31)25(32)27-15-14-26-16-17-6-8-18(9-7-17)22-10-11-23(33-22)24-29-19-4-2-3-5-20(19)30-24;3-2(4,5)1(6)7/h2-13,26H,14-16H2,1H3,(H,27,32)(H,29,30);(H,6,7). The first-order valence-electron chi connectivity index (χ1n) is 12.0. The second-order valence-corrected chi connectivity index (χ2v) is 9.62. The van der Waals surface area contributed by atoms with E-state index in [4.69, 9.17) is 14.9 Å². The van der Waals surface area contributed by atoms with Gasteiger partial charge in [-0.1, -0.05) is 36.4 Å². The number of alkyl halides is 3. The van der Waals surface area contributed by atoms with E-state index in [0.717, 1.165) is 28.3 Å². The summed E-state index contributed by atoms with van der Waals surface area (Å²) in [5.74, 6) is -1.96. The number of nitrogens with zero attached hydrogens (tertiary/aromatic N) is 3. The summed E-state index contributed by atoms with van der Waals surface area (Å²) in [6, 6.07) is 22.6. The second kappa shape index (κ2) is 12.6. The van der Waals surface area contributed by atoms with E-state index in [9.17, 15) is 18.0 Å². The first-order valence-corrected chi connectivity index (χ1v) is 12.8. The SMILES string of the molecule is Cn1nccc1C(=O)NCCNCc1ccc(-c2ccc(-c3nc4ccccc4[nH]3)s2)cc1.O=C(O)C(F)(F)F. The van der Waals surface area contributed by atoms with E-state index in [1.165, 1.54) is 16.0 Å². The van der Waals surface area contributed by atoms with Gasteiger partial charge >= 0.3 is 12.1 Å². The van der Waals surface area contributed by atoms with Crippen molar-refractivity contribution in [2.24, 2.45) is 7.05 Å². The molecule has 40 heavy (non-hydrogen) atoms. The normalized spacial score (nSPS) is 11.2. The molecule has 208 valence electrons. The summed E-state index contributed by atoms with van der Waals surface area (Å²) in [6.07, 6.45) is -3.47. The molecule has 2 aromatic carbocycles. The number of amides is 1. The zero-order chi connectivity index (χ0) is 28.7. The molecule has 5 aromatic rings. The van der Waals surface area contributed by atoms with Crippen LogP contribution in [0.5, 0.6) is 0 Å². The molecule has 1 amide bonds. The van der Waals surface area contributed by atoms with Gasteiger partial charge in [0, 0.05) is 37.8 Å². The molecule has 0 aliphatic carbocycles. The summed E-state index contributed by atoms with van der Waals surface area (Å²) in [5.41, 5.74) is 4.98. The number of H-pyrrole nitrogens is 1. The number of hydrogen-bond donors (Lipinski definition) is 4. The lowest BCUT2D eigenvalue weighted by Crippen LogP contribution is -2.32. The van der Waals surface area contributed by atoms with Crippen LogP contribution in [-0.2, 0) is 18.4 Å². The highest BCUT2D eigenvalue weighted by Gasteiger charge is 2.38. The highest BCUT2D eigenvalue weighted by molar-refractivity contribution is 7.18. The fraction of sp³-hybridized carbons (Fsp3) is 0.185. The van der Waals surface area contributed by atoms with E-state index < -0.39 is 12.1 Å². The summed E-state index contributed by atoms with van der Waals surface area (Å²) < 4.78 is 33.3. The molecule has 4 N–H and O–H groups in total. The van der Waals surface area contributed by atoms with Gasteiger partial charge in [0.05, 0.1) is 15.9 Å². The van der Waals surface area contributed by atoms with E-state index in [2.05, 4.69) is 57.1 Å². The number of carboxylic acid groups (broad SMARTS) is 1. The van der Waals surface area contributed by atoms with Crippen molar-refractivity contribution in [3.05, 3.63) is 84.2 Å². The third-order valence-corrected chi connectivity index (χ3v) is 6.82. The molecule has 0 atom stereocenters. The molecule has 3 aromatic heterocycles. The van der Waals surface area contributed by atoms with Crippen molar-refractivity contribution >= 4 is 34.2 Å². The summed E-state index contributed by atoms with van der Waals surface area (Å²) in [4.78, 5) is 31.4. The lowest BCUT2D eigenvalue weighted by Gasteiger charge is -2.08. The number of imidazole rings is 1. The van der Waals surface area contributed by atoms with Crippen LogP contribution in [0.15, 0.2) is 72.9 Å². The number of halogens is 3. The average molecular weight is 571 g/mol. The van der Waals surface area contributed by atoms with E-state index in [-0.39, 0.29) is 5.91 Å². The van der Waals surface area contributed by atoms with Crippen molar-refractivity contribution in [1.29, 1.82) is 0 Å². The minimum Gasteiger partial charge on any atom is -0.475 e. The molecule has 0 saturated heterocycles. The summed E-state index contributed by atoms with van der Waals surface area (Å²) in [7, 11) is 1.76. The third kappa shape index (κ3) is 7.33. The fourth-order valence-corrected chi connectivity index (χ4v) is 4.62. The Labute approximate surface area is 230 Å². The van der Waals surface area contributed by atoms with Crippen molar-refractivity contribution in [1.82, 2.24) is 30.4 Å². The molecule has 0 fully saturated rings. The Bertz CT molecular complexity index is 1560. The zero-order valence-corrected chi connectivity index (χ0v) is 22.0. The molecule has 13 heteroatoms. The van der Waals surface area contributed by atoms with Crippen molar-refractivity contribution < 1.29 is 27.9 Å². The topological polar surface area (TPSA) is 125 Å². The molecule has 0 spiro atoms. The molecule has 3 heterocycles. The summed E-state index contributed by atoms with van der Waals surface area (Å²) >= 11 is 1.73. The highest BCUT2D eigenvalue weighted by atomic mass is 32.1. The van der Waals surface area contributed by atoms with Gasteiger partial charge in [-0.05, 0) is 41.5 Å². The summed E-state index contributed by atoms with van der Waals surface area (Å²) in [6.45, 7) is 2.00. The minimum atomic E-state index is -5.08. The smallest absolute Gasteiger partial charge is 0.475 e. The molecule has 0 aliphatic heterocycles. The molecule has 0 radical (unpaired) electrons. The number of thiophene rings is 1. The first-order chi connectivity index (χ1) is 19.1. The van der Waals surface area contributed by atoms with Crippen LogP contribution in [0.2, 0.25) is 0 Å². The number of aromatic nitrogens is 4. The van der Waals surface area contributed by atoms with Gasteiger partial charge in [-0.25, -0.2) is 9.78 Å². The Morgan fingerprint density at radius 3 is 2.35 bits per heavy atom. The third-order valence-electron chi connectivity index (χ3n) is 5.68. The second-order valence-electron chi connectivity index (χ2n) is 8.54. The zero-order valence-electron chi connectivity index (χ0n) is 21.2. The Balaban J connectivity index is 0.000000470. The molecule has 0 bridgehead atoms. The predicted octanol–water partition coefficient (Wildman–Crippen LogP) is 4.84. The number of carbonyl (C=O) groups excluding carboxylic acids is 1. The number of rotatable bonds is 8. The van der Waals surface area contributed by atoms with Gasteiger partial charge in [0.2, 0.25) is 0 Å². The van der Waals surface area contributed by atoms with E-state index in [1.54, 1.807) is 35.3 Å². The maximum atomic E-state index is 12.1. The van der Waals surface area contributed by atoms with E-state index in [1.807, 2.05) is 24.3 Å². The largest absolute Gasteiger partial charge is 0.490 e. The number of aryl methyl sites for hydroxylation is 1. The van der Waals surface area contributed by atoms with Gasteiger partial charge in [0.1, 0.15) is 11.5 Å². The number of fused-ring (bicyclic) bond motifs is 1. The highest BCUT2D eigenvalue weighted by Crippen LogP contribution is 2.34. The van der Waals surface area contributed by atoms with Gasteiger partial charge in [-0.3, -0.25) is 9.48 Å². The average Bonchev–Trinajstić information content (AvgIpc) is 3.68. The number of carbonyl (C=O) groups is 2. The number of aromatic amines is 1. The molecule has 0 saturated carbocycles. The van der Waals surface area contributed by atoms with Crippen LogP contribution >= 0.6 is 11.3 Å². The van der Waals surface area contributed by atoms with Crippen molar-refractivity contribution in [2.45, 2.75) is 12.7 Å². The number of para-hydroxylation sites is 2. The van der Waals surface area contributed by atoms with Gasteiger partial charge in [0.15, 0.2) is 0 Å². The van der Waals surface area contributed by atoms with Crippen LogP contribution in [0, 0.1) is 0 Å². The number of nitrogens with one attached hydrogen (secondary N) is 3. The molecule has 0 aliphatic rings. The lowest BCUT2D eigenvalue weighted by molar-refractivity contribution is -0.192. The van der Waals surface area contributed by atoms with E-state index >= 15 is 0 Å². The van der Waals surface area contributed by atoms with Crippen LogP contribution in [0.3, 0.4) is 0 Å². The first kappa shape index (κ1) is 28.5. The molecule has 0 unspecified atom stereocenters. The lowest BCUT2D eigenvalue weighted by atomic mass is 10.1. The van der Waals surface area contributed by atoms with E-state index in [0.29, 0.717) is 18.8 Å². The number of hydrogen-bond acceptors (Lipinski definition) is 6. The minimum absolute atomic E-state index is 0.112. The van der Waals surface area contributed by atoms with Gasteiger partial charge in [-0.2, -0.15) is 18.3 Å². The van der Waals surface area contributed by atoms with Crippen molar-refractivity contribution in [3.8, 4) is 21.1 Å². The number of carboxylic acids is 1. The Kier molecular flexibility index (Phi) is 8.97. The number of benzene rings is 2. The Hall–Kier alpha value is -4.49. The van der Waals surface area contributed by atoms with Gasteiger partial charge in [-0.15, -0.1) is 11.3 Å². The van der Waals surface area contributed by atoms with Crippen LogP contribution in [0.1, 0.15) is 16.1 Å². The van der Waals surface area contributed by atoms with Crippen LogP contribution in [0.4, 0.5) is 13.2 Å². The summed E-state index contributed by atoms with van der Waals surface area (Å²) in [5, 5.41) is 17.4. The molecule has 5 rings (SSSR count). The Morgan fingerprint density at radius 1 is 1.00 bits per heavy atom. The van der Waals surface area contributed by atoms with Crippen molar-refractivity contribution in [3.63, 3.8) is 0 Å². The van der Waals surface area contributed by atoms with Crippen LogP contribution < -0.4 is 10.6 Å². The molecular formula is C27H25F3N6O3S. The Morgan fingerprint density at radius 2 is 1.70 bits per heavy atom. The van der Waals surface area contributed by atoms with Gasteiger partial charge in [0.25, 0.3) is 5.91 Å². The maximum absolute atomic E-state index is 12.1. The predicted molar refractivity (Wildman–Crippen MR) is 146 cm³/mol. The van der Waals surface area contributed by atoms with Crippen LogP contribution in [0.25, 0.3) is 32.2 Å². The van der Waals surface area contributed by atoms with Crippen molar-refractivity contribution in [2.75, 3.05) is 13.1 Å².